The normalized spacial score (nSPS) is 28.8. The van der Waals surface area contributed by atoms with Crippen molar-refractivity contribution < 1.29 is 9.53 Å². The highest BCUT2D eigenvalue weighted by Gasteiger charge is 2.26. The van der Waals surface area contributed by atoms with Crippen molar-refractivity contribution in [1.29, 1.82) is 0 Å². The fraction of sp³-hybridized carbons (Fsp3) is 0.889. The van der Waals surface area contributed by atoms with Crippen molar-refractivity contribution in [2.75, 3.05) is 27.2 Å². The molecule has 1 saturated heterocycles. The average Bonchev–Trinajstić information content (AvgIpc) is 2.01. The highest BCUT2D eigenvalue weighted by Crippen LogP contribution is 2.11. The third-order valence-electron chi connectivity index (χ3n) is 2.07. The number of carbonyl (C=O) groups excluding carboxylic acids is 1. The van der Waals surface area contributed by atoms with E-state index in [1.165, 1.54) is 0 Å². The zero-order valence-electron chi connectivity index (χ0n) is 8.78. The summed E-state index contributed by atoms with van der Waals surface area (Å²) < 4.78 is 5.53. The van der Waals surface area contributed by atoms with Crippen molar-refractivity contribution in [2.24, 2.45) is 0 Å². The van der Waals surface area contributed by atoms with E-state index in [1.54, 1.807) is 19.0 Å². The zero-order chi connectivity index (χ0) is 10.0. The Morgan fingerprint density at radius 3 is 2.15 bits per heavy atom. The maximum atomic E-state index is 11.6. The lowest BCUT2D eigenvalue weighted by atomic mass is 10.2. The molecule has 1 aliphatic rings. The minimum atomic E-state index is 0.0713. The fourth-order valence-electron chi connectivity index (χ4n) is 1.62. The fourth-order valence-corrected chi connectivity index (χ4v) is 1.62. The van der Waals surface area contributed by atoms with Crippen LogP contribution in [0.5, 0.6) is 0 Å². The monoisotopic (exact) mass is 186 g/mol. The van der Waals surface area contributed by atoms with Crippen molar-refractivity contribution in [1.82, 2.24) is 9.80 Å². The maximum absolute atomic E-state index is 11.6. The predicted octanol–water partition coefficient (Wildman–Crippen LogP) is 0.777. The van der Waals surface area contributed by atoms with Gasteiger partial charge in [0.15, 0.2) is 0 Å². The first kappa shape index (κ1) is 10.3. The molecule has 76 valence electrons. The molecule has 13 heavy (non-hydrogen) atoms. The van der Waals surface area contributed by atoms with Crippen LogP contribution in [0.3, 0.4) is 0 Å². The number of urea groups is 1. The molecule has 0 radical (unpaired) electrons. The van der Waals surface area contributed by atoms with Gasteiger partial charge in [-0.05, 0) is 13.8 Å². The van der Waals surface area contributed by atoms with Gasteiger partial charge < -0.3 is 14.5 Å². The number of carbonyl (C=O) groups is 1. The molecule has 0 bridgehead atoms. The smallest absolute Gasteiger partial charge is 0.319 e. The maximum Gasteiger partial charge on any atom is 0.319 e. The lowest BCUT2D eigenvalue weighted by Crippen LogP contribution is -2.51. The molecular formula is C9H18N2O2. The van der Waals surface area contributed by atoms with Gasteiger partial charge in [0.1, 0.15) is 0 Å². The third kappa shape index (κ3) is 2.59. The number of ether oxygens (including phenoxy) is 1. The quantitative estimate of drug-likeness (QED) is 0.560. The van der Waals surface area contributed by atoms with Gasteiger partial charge in [-0.2, -0.15) is 0 Å². The number of hydrogen-bond donors (Lipinski definition) is 0. The summed E-state index contributed by atoms with van der Waals surface area (Å²) in [5, 5.41) is 0. The van der Waals surface area contributed by atoms with Gasteiger partial charge in [-0.25, -0.2) is 4.79 Å². The van der Waals surface area contributed by atoms with Crippen LogP contribution in [-0.4, -0.2) is 55.2 Å². The first-order valence-corrected chi connectivity index (χ1v) is 4.62. The summed E-state index contributed by atoms with van der Waals surface area (Å²) in [5.74, 6) is 0. The molecule has 1 fully saturated rings. The van der Waals surface area contributed by atoms with Gasteiger partial charge in [-0.3, -0.25) is 0 Å². The van der Waals surface area contributed by atoms with Gasteiger partial charge in [0.25, 0.3) is 0 Å². The molecule has 2 atom stereocenters. The number of morpholine rings is 1. The molecule has 0 N–H and O–H groups in total. The standard InChI is InChI=1S/C9H18N2O2/c1-7-5-11(6-8(2)13-7)9(12)10(3)4/h7-8H,5-6H2,1-4H3/t7-,8+. The van der Waals surface area contributed by atoms with Crippen LogP contribution in [0.1, 0.15) is 13.8 Å². The van der Waals surface area contributed by atoms with E-state index < -0.39 is 0 Å². The van der Waals surface area contributed by atoms with Gasteiger partial charge in [-0.15, -0.1) is 0 Å². The Morgan fingerprint density at radius 1 is 1.31 bits per heavy atom. The molecular weight excluding hydrogens is 168 g/mol. The Balaban J connectivity index is 2.55. The van der Waals surface area contributed by atoms with Crippen molar-refractivity contribution in [3.05, 3.63) is 0 Å². The van der Waals surface area contributed by atoms with Crippen molar-refractivity contribution >= 4 is 6.03 Å². The van der Waals surface area contributed by atoms with Crippen LogP contribution in [0, 0.1) is 0 Å². The Bertz CT molecular complexity index is 184. The van der Waals surface area contributed by atoms with Crippen LogP contribution in [0.2, 0.25) is 0 Å². The zero-order valence-corrected chi connectivity index (χ0v) is 8.78. The molecule has 0 spiro atoms. The topological polar surface area (TPSA) is 32.8 Å². The Morgan fingerprint density at radius 2 is 1.77 bits per heavy atom. The molecule has 0 aromatic heterocycles. The Hall–Kier alpha value is -0.770. The summed E-state index contributed by atoms with van der Waals surface area (Å²) in [6.07, 6.45) is 0.292. The van der Waals surface area contributed by atoms with Crippen molar-refractivity contribution in [3.63, 3.8) is 0 Å². The van der Waals surface area contributed by atoms with Gasteiger partial charge >= 0.3 is 6.03 Å². The second-order valence-corrected chi connectivity index (χ2v) is 3.84. The summed E-state index contributed by atoms with van der Waals surface area (Å²) in [4.78, 5) is 15.0. The van der Waals surface area contributed by atoms with E-state index in [-0.39, 0.29) is 18.2 Å². The lowest BCUT2D eigenvalue weighted by Gasteiger charge is -2.36. The number of nitrogens with zero attached hydrogens (tertiary/aromatic N) is 2. The number of hydrogen-bond acceptors (Lipinski definition) is 2. The average molecular weight is 186 g/mol. The van der Waals surface area contributed by atoms with E-state index in [9.17, 15) is 4.79 Å². The number of amides is 2. The van der Waals surface area contributed by atoms with Crippen LogP contribution < -0.4 is 0 Å². The largest absolute Gasteiger partial charge is 0.372 e. The molecule has 1 aliphatic heterocycles. The van der Waals surface area contributed by atoms with E-state index in [0.29, 0.717) is 13.1 Å². The van der Waals surface area contributed by atoms with E-state index >= 15 is 0 Å². The summed E-state index contributed by atoms with van der Waals surface area (Å²) in [7, 11) is 3.54. The second kappa shape index (κ2) is 3.96. The summed E-state index contributed by atoms with van der Waals surface area (Å²) in [6, 6.07) is 0.0713. The van der Waals surface area contributed by atoms with Gasteiger partial charge in [0.05, 0.1) is 12.2 Å². The van der Waals surface area contributed by atoms with Gasteiger partial charge in [0, 0.05) is 27.2 Å². The molecule has 4 heteroatoms. The molecule has 0 unspecified atom stereocenters. The second-order valence-electron chi connectivity index (χ2n) is 3.84. The third-order valence-corrected chi connectivity index (χ3v) is 2.07. The van der Waals surface area contributed by atoms with E-state index in [0.717, 1.165) is 0 Å². The van der Waals surface area contributed by atoms with Crippen LogP contribution in [0.4, 0.5) is 4.79 Å². The van der Waals surface area contributed by atoms with Crippen molar-refractivity contribution in [2.45, 2.75) is 26.1 Å². The molecule has 1 rings (SSSR count). The van der Waals surface area contributed by atoms with Crippen LogP contribution in [-0.2, 0) is 4.74 Å². The van der Waals surface area contributed by atoms with Crippen LogP contribution in [0.15, 0.2) is 0 Å². The van der Waals surface area contributed by atoms with E-state index in [2.05, 4.69) is 0 Å². The Labute approximate surface area is 79.4 Å². The van der Waals surface area contributed by atoms with Crippen LogP contribution >= 0.6 is 0 Å². The number of rotatable bonds is 0. The molecule has 4 nitrogen and oxygen atoms in total. The minimum absolute atomic E-state index is 0.0713. The predicted molar refractivity (Wildman–Crippen MR) is 50.7 cm³/mol. The molecule has 2 amide bonds. The first-order chi connectivity index (χ1) is 6.00. The lowest BCUT2D eigenvalue weighted by molar-refractivity contribution is -0.0570. The van der Waals surface area contributed by atoms with Gasteiger partial charge in [-0.1, -0.05) is 0 Å². The summed E-state index contributed by atoms with van der Waals surface area (Å²) in [5.41, 5.74) is 0. The molecule has 0 aromatic rings. The molecule has 0 saturated carbocycles. The van der Waals surface area contributed by atoms with Gasteiger partial charge in [0.2, 0.25) is 0 Å². The Kier molecular flexibility index (Phi) is 3.14. The van der Waals surface area contributed by atoms with Crippen LogP contribution in [0.25, 0.3) is 0 Å². The molecule has 0 aliphatic carbocycles. The highest BCUT2D eigenvalue weighted by atomic mass is 16.5. The molecule has 1 heterocycles. The summed E-state index contributed by atoms with van der Waals surface area (Å²) >= 11 is 0. The highest BCUT2D eigenvalue weighted by molar-refractivity contribution is 5.73. The van der Waals surface area contributed by atoms with E-state index in [4.69, 9.17) is 4.74 Å². The minimum Gasteiger partial charge on any atom is -0.372 e. The van der Waals surface area contributed by atoms with E-state index in [1.807, 2.05) is 18.7 Å². The molecule has 0 aromatic carbocycles. The first-order valence-electron chi connectivity index (χ1n) is 4.62. The SMILES string of the molecule is C[C@@H]1CN(C(=O)N(C)C)C[C@H](C)O1. The van der Waals surface area contributed by atoms with Crippen molar-refractivity contribution in [3.8, 4) is 0 Å². The summed E-state index contributed by atoms with van der Waals surface area (Å²) in [6.45, 7) is 5.37.